The van der Waals surface area contributed by atoms with Crippen LogP contribution in [0.4, 0.5) is 5.69 Å². The Labute approximate surface area is 194 Å². The number of ether oxygens (including phenoxy) is 2. The first-order valence-electron chi connectivity index (χ1n) is 9.34. The van der Waals surface area contributed by atoms with Gasteiger partial charge >= 0.3 is 0 Å². The molecule has 1 amide bonds. The molecule has 0 aromatic heterocycles. The van der Waals surface area contributed by atoms with Gasteiger partial charge in [0.15, 0.2) is 16.7 Å². The molecule has 12 heteroatoms. The second-order valence-corrected chi connectivity index (χ2v) is 9.14. The molecule has 172 valence electrons. The molecular weight excluding hydrogens is 470 g/mol. The van der Waals surface area contributed by atoms with E-state index in [1.54, 1.807) is 24.3 Å². The number of carbonyl (C=O) groups is 1. The van der Waals surface area contributed by atoms with E-state index in [1.807, 2.05) is 0 Å². The smallest absolute Gasteiger partial charge is 0.284 e. The zero-order valence-electron chi connectivity index (χ0n) is 17.6. The van der Waals surface area contributed by atoms with Gasteiger partial charge in [0.1, 0.15) is 0 Å². The highest BCUT2D eigenvalue weighted by Gasteiger charge is 2.34. The maximum Gasteiger partial charge on any atom is 0.284 e. The van der Waals surface area contributed by atoms with Crippen molar-refractivity contribution in [2.75, 3.05) is 20.8 Å². The predicted molar refractivity (Wildman–Crippen MR) is 125 cm³/mol. The number of amidine groups is 1. The Morgan fingerprint density at radius 3 is 2.39 bits per heavy atom. The number of hydrogen-bond acceptors (Lipinski definition) is 8. The SMILES string of the molecule is C=CCN1C(=O)/C(=C\c2ccc(OC)c(OC)c2)SC1=NS(=O)(=O)c1ccc([N+](=O)[O-])cc1. The average Bonchev–Trinajstić information content (AvgIpc) is 3.07. The first-order valence-corrected chi connectivity index (χ1v) is 11.6. The summed E-state index contributed by atoms with van der Waals surface area (Å²) in [5.74, 6) is 0.557. The number of benzene rings is 2. The maximum atomic E-state index is 12.9. The van der Waals surface area contributed by atoms with E-state index < -0.39 is 20.9 Å². The van der Waals surface area contributed by atoms with Gasteiger partial charge in [-0.05, 0) is 47.7 Å². The van der Waals surface area contributed by atoms with Crippen LogP contribution >= 0.6 is 11.8 Å². The van der Waals surface area contributed by atoms with E-state index in [2.05, 4.69) is 11.0 Å². The van der Waals surface area contributed by atoms with Crippen molar-refractivity contribution in [3.8, 4) is 11.5 Å². The molecule has 0 radical (unpaired) electrons. The minimum atomic E-state index is -4.22. The summed E-state index contributed by atoms with van der Waals surface area (Å²) in [6, 6.07) is 9.43. The number of nitro groups is 1. The number of amides is 1. The number of nitro benzene ring substituents is 1. The van der Waals surface area contributed by atoms with Crippen molar-refractivity contribution in [1.82, 2.24) is 4.90 Å². The molecule has 10 nitrogen and oxygen atoms in total. The Balaban J connectivity index is 1.97. The molecule has 3 rings (SSSR count). The van der Waals surface area contributed by atoms with Crippen LogP contribution < -0.4 is 9.47 Å². The molecule has 1 aliphatic heterocycles. The zero-order valence-corrected chi connectivity index (χ0v) is 19.3. The lowest BCUT2D eigenvalue weighted by molar-refractivity contribution is -0.384. The number of carbonyl (C=O) groups excluding carboxylic acids is 1. The first kappa shape index (κ1) is 24.0. The summed E-state index contributed by atoms with van der Waals surface area (Å²) in [7, 11) is -1.23. The van der Waals surface area contributed by atoms with E-state index in [-0.39, 0.29) is 27.2 Å². The van der Waals surface area contributed by atoms with Crippen LogP contribution in [0.1, 0.15) is 5.56 Å². The van der Waals surface area contributed by atoms with E-state index in [0.29, 0.717) is 17.1 Å². The van der Waals surface area contributed by atoms with E-state index in [9.17, 15) is 23.3 Å². The molecule has 0 saturated carbocycles. The number of methoxy groups -OCH3 is 2. The van der Waals surface area contributed by atoms with Gasteiger partial charge in [0, 0.05) is 18.7 Å². The lowest BCUT2D eigenvalue weighted by Crippen LogP contribution is -2.29. The van der Waals surface area contributed by atoms with Crippen LogP contribution in [0, 0.1) is 10.1 Å². The van der Waals surface area contributed by atoms with Crippen molar-refractivity contribution in [1.29, 1.82) is 0 Å². The molecule has 1 aliphatic rings. The van der Waals surface area contributed by atoms with Gasteiger partial charge in [-0.15, -0.1) is 11.0 Å². The summed E-state index contributed by atoms with van der Waals surface area (Å²) in [6.45, 7) is 3.65. The van der Waals surface area contributed by atoms with Crippen LogP contribution in [0.15, 0.2) is 69.3 Å². The molecule has 1 saturated heterocycles. The summed E-state index contributed by atoms with van der Waals surface area (Å²) < 4.78 is 39.8. The molecule has 1 fully saturated rings. The third-order valence-corrected chi connectivity index (χ3v) is 6.85. The van der Waals surface area contributed by atoms with Gasteiger partial charge in [-0.2, -0.15) is 8.42 Å². The fraction of sp³-hybridized carbons (Fsp3) is 0.143. The van der Waals surface area contributed by atoms with Crippen LogP contribution in [0.25, 0.3) is 6.08 Å². The average molecular weight is 490 g/mol. The Hall–Kier alpha value is -3.64. The predicted octanol–water partition coefficient (Wildman–Crippen LogP) is 3.46. The highest BCUT2D eigenvalue weighted by Crippen LogP contribution is 2.35. The third-order valence-electron chi connectivity index (χ3n) is 4.45. The molecular formula is C21H19N3O7S2. The van der Waals surface area contributed by atoms with Gasteiger partial charge in [-0.3, -0.25) is 19.8 Å². The quantitative estimate of drug-likeness (QED) is 0.239. The minimum absolute atomic E-state index is 0.0454. The summed E-state index contributed by atoms with van der Waals surface area (Å²) >= 11 is 0.895. The molecule has 1 heterocycles. The van der Waals surface area contributed by atoms with Crippen molar-refractivity contribution >= 4 is 44.6 Å². The van der Waals surface area contributed by atoms with Crippen molar-refractivity contribution in [3.05, 3.63) is 75.7 Å². The van der Waals surface area contributed by atoms with E-state index in [0.717, 1.165) is 36.0 Å². The summed E-state index contributed by atoms with van der Waals surface area (Å²) in [4.78, 5) is 24.3. The fourth-order valence-electron chi connectivity index (χ4n) is 2.86. The standard InChI is InChI=1S/C21H19N3O7S2/c1-4-11-23-20(25)19(13-14-5-10-17(30-2)18(12-14)31-3)32-21(23)22-33(28,29)16-8-6-15(7-9-16)24(26)27/h4-10,12-13H,1,11H2,2-3H3/b19-13+,22-21?. The third kappa shape index (κ3) is 5.23. The molecule has 0 N–H and O–H groups in total. The van der Waals surface area contributed by atoms with Gasteiger partial charge in [-0.1, -0.05) is 12.1 Å². The van der Waals surface area contributed by atoms with Crippen molar-refractivity contribution in [2.45, 2.75) is 4.90 Å². The Morgan fingerprint density at radius 1 is 1.15 bits per heavy atom. The van der Waals surface area contributed by atoms with Crippen molar-refractivity contribution < 1.29 is 27.6 Å². The largest absolute Gasteiger partial charge is 0.493 e. The Morgan fingerprint density at radius 2 is 1.82 bits per heavy atom. The number of nitrogens with zero attached hydrogens (tertiary/aromatic N) is 3. The summed E-state index contributed by atoms with van der Waals surface area (Å²) in [5, 5.41) is 10.8. The molecule has 0 unspecified atom stereocenters. The van der Waals surface area contributed by atoms with Crippen molar-refractivity contribution in [2.24, 2.45) is 4.40 Å². The highest BCUT2D eigenvalue weighted by molar-refractivity contribution is 8.19. The van der Waals surface area contributed by atoms with E-state index >= 15 is 0 Å². The molecule has 2 aromatic rings. The van der Waals surface area contributed by atoms with Gasteiger partial charge in [0.25, 0.3) is 21.6 Å². The Kier molecular flexibility index (Phi) is 7.19. The summed E-state index contributed by atoms with van der Waals surface area (Å²) in [5.41, 5.74) is 0.391. The number of non-ortho nitro benzene ring substituents is 1. The number of rotatable bonds is 8. The van der Waals surface area contributed by atoms with Crippen LogP contribution in [0.2, 0.25) is 0 Å². The molecule has 0 bridgehead atoms. The van der Waals surface area contributed by atoms with Crippen LogP contribution in [0.5, 0.6) is 11.5 Å². The van der Waals surface area contributed by atoms with E-state index in [4.69, 9.17) is 9.47 Å². The molecule has 0 atom stereocenters. The topological polar surface area (TPSA) is 128 Å². The maximum absolute atomic E-state index is 12.9. The lowest BCUT2D eigenvalue weighted by atomic mass is 10.2. The molecule has 0 aliphatic carbocycles. The second kappa shape index (κ2) is 9.88. The second-order valence-electron chi connectivity index (χ2n) is 6.53. The Bertz CT molecular complexity index is 1270. The minimum Gasteiger partial charge on any atom is -0.493 e. The number of hydrogen-bond donors (Lipinski definition) is 0. The summed E-state index contributed by atoms with van der Waals surface area (Å²) in [6.07, 6.45) is 3.04. The first-order chi connectivity index (χ1) is 15.7. The molecule has 33 heavy (non-hydrogen) atoms. The van der Waals surface area contributed by atoms with Gasteiger partial charge in [0.2, 0.25) is 0 Å². The fourth-order valence-corrected chi connectivity index (χ4v) is 5.05. The normalized spacial score (nSPS) is 16.3. The molecule has 0 spiro atoms. The zero-order chi connectivity index (χ0) is 24.2. The lowest BCUT2D eigenvalue weighted by Gasteiger charge is -2.12. The van der Waals surface area contributed by atoms with Gasteiger partial charge in [-0.25, -0.2) is 0 Å². The molecule has 2 aromatic carbocycles. The number of sulfonamides is 1. The van der Waals surface area contributed by atoms with Crippen LogP contribution in [-0.4, -0.2) is 50.1 Å². The van der Waals surface area contributed by atoms with Crippen molar-refractivity contribution in [3.63, 3.8) is 0 Å². The van der Waals surface area contributed by atoms with Gasteiger partial charge in [0.05, 0.1) is 28.9 Å². The van der Waals surface area contributed by atoms with Crippen LogP contribution in [-0.2, 0) is 14.8 Å². The van der Waals surface area contributed by atoms with E-state index in [1.165, 1.54) is 25.2 Å². The highest BCUT2D eigenvalue weighted by atomic mass is 32.2. The van der Waals surface area contributed by atoms with Gasteiger partial charge < -0.3 is 9.47 Å². The monoisotopic (exact) mass is 489 g/mol. The number of thioether (sulfide) groups is 1. The van der Waals surface area contributed by atoms with Crippen LogP contribution in [0.3, 0.4) is 0 Å².